The van der Waals surface area contributed by atoms with Crippen molar-refractivity contribution in [3.63, 3.8) is 0 Å². The van der Waals surface area contributed by atoms with Crippen LogP contribution in [0.3, 0.4) is 0 Å². The van der Waals surface area contributed by atoms with Gasteiger partial charge in [0.2, 0.25) is 0 Å². The van der Waals surface area contributed by atoms with Crippen molar-refractivity contribution in [2.24, 2.45) is 5.41 Å². The fourth-order valence-electron chi connectivity index (χ4n) is 2.89. The van der Waals surface area contributed by atoms with E-state index in [9.17, 15) is 9.59 Å². The Morgan fingerprint density at radius 1 is 0.556 bits per heavy atom. The molecule has 0 saturated carbocycles. The van der Waals surface area contributed by atoms with Crippen LogP contribution in [0.1, 0.15) is 118 Å². The molecule has 0 aromatic rings. The van der Waals surface area contributed by atoms with Gasteiger partial charge in [0, 0.05) is 0 Å². The third-order valence-electron chi connectivity index (χ3n) is 4.98. The lowest BCUT2D eigenvalue weighted by Crippen LogP contribution is -2.37. The Bertz CT molecular complexity index is 377. The van der Waals surface area contributed by atoms with E-state index >= 15 is 0 Å². The molecular formula is C23H44O4. The Morgan fingerprint density at radius 3 is 1.22 bits per heavy atom. The van der Waals surface area contributed by atoms with Crippen LogP contribution in [0, 0.1) is 5.41 Å². The molecule has 0 rings (SSSR count). The summed E-state index contributed by atoms with van der Waals surface area (Å²) >= 11 is 0. The van der Waals surface area contributed by atoms with Crippen molar-refractivity contribution < 1.29 is 19.1 Å². The van der Waals surface area contributed by atoms with E-state index in [1.165, 1.54) is 51.4 Å². The highest BCUT2D eigenvalue weighted by Gasteiger charge is 2.39. The lowest BCUT2D eigenvalue weighted by molar-refractivity contribution is -0.169. The van der Waals surface area contributed by atoms with Gasteiger partial charge in [-0.15, -0.1) is 0 Å². The van der Waals surface area contributed by atoms with Crippen LogP contribution in [0.25, 0.3) is 0 Å². The molecule has 0 heterocycles. The van der Waals surface area contributed by atoms with E-state index in [0.29, 0.717) is 13.2 Å². The van der Waals surface area contributed by atoms with Gasteiger partial charge in [0.05, 0.1) is 13.2 Å². The summed E-state index contributed by atoms with van der Waals surface area (Å²) in [5.41, 5.74) is -1.22. The topological polar surface area (TPSA) is 52.6 Å². The van der Waals surface area contributed by atoms with Crippen LogP contribution in [0.15, 0.2) is 0 Å². The SMILES string of the molecule is CCCCCCCCCCCCOC(=O)C(C)(C)C(=O)OCCCCCC. The highest BCUT2D eigenvalue weighted by molar-refractivity contribution is 5.99. The normalized spacial score (nSPS) is 11.4. The molecular weight excluding hydrogens is 340 g/mol. The Labute approximate surface area is 167 Å². The molecule has 4 nitrogen and oxygen atoms in total. The van der Waals surface area contributed by atoms with Gasteiger partial charge in [-0.3, -0.25) is 9.59 Å². The molecule has 0 bridgehead atoms. The first-order valence-electron chi connectivity index (χ1n) is 11.3. The number of esters is 2. The minimum atomic E-state index is -1.22. The summed E-state index contributed by atoms with van der Waals surface area (Å²) in [5.74, 6) is -0.955. The van der Waals surface area contributed by atoms with Crippen molar-refractivity contribution >= 4 is 11.9 Å². The average Bonchev–Trinajstić information content (AvgIpc) is 2.65. The minimum Gasteiger partial charge on any atom is -0.465 e. The molecule has 0 aromatic carbocycles. The Balaban J connectivity index is 3.70. The van der Waals surface area contributed by atoms with Gasteiger partial charge in [0.1, 0.15) is 0 Å². The molecule has 0 spiro atoms. The number of carbonyl (C=O) groups excluding carboxylic acids is 2. The van der Waals surface area contributed by atoms with Crippen LogP contribution >= 0.6 is 0 Å². The van der Waals surface area contributed by atoms with Gasteiger partial charge < -0.3 is 9.47 Å². The van der Waals surface area contributed by atoms with Crippen LogP contribution in [0.4, 0.5) is 0 Å². The standard InChI is InChI=1S/C23H44O4/c1-5-7-9-11-12-13-14-15-16-18-20-27-22(25)23(3,4)21(24)26-19-17-10-8-6-2/h5-20H2,1-4H3. The van der Waals surface area contributed by atoms with Crippen molar-refractivity contribution in [1.29, 1.82) is 0 Å². The van der Waals surface area contributed by atoms with E-state index in [2.05, 4.69) is 13.8 Å². The summed E-state index contributed by atoms with van der Waals surface area (Å²) in [6.45, 7) is 8.33. The van der Waals surface area contributed by atoms with Crippen molar-refractivity contribution in [2.45, 2.75) is 118 Å². The smallest absolute Gasteiger partial charge is 0.322 e. The van der Waals surface area contributed by atoms with Gasteiger partial charge >= 0.3 is 11.9 Å². The maximum atomic E-state index is 12.2. The molecule has 0 saturated heterocycles. The molecule has 0 N–H and O–H groups in total. The van der Waals surface area contributed by atoms with Crippen molar-refractivity contribution in [2.75, 3.05) is 13.2 Å². The number of hydrogen-bond donors (Lipinski definition) is 0. The Kier molecular flexibility index (Phi) is 16.4. The summed E-state index contributed by atoms with van der Waals surface area (Å²) in [7, 11) is 0. The van der Waals surface area contributed by atoms with E-state index in [4.69, 9.17) is 9.47 Å². The quantitative estimate of drug-likeness (QED) is 0.152. The van der Waals surface area contributed by atoms with Gasteiger partial charge in [-0.1, -0.05) is 90.9 Å². The molecule has 0 radical (unpaired) electrons. The largest absolute Gasteiger partial charge is 0.465 e. The van der Waals surface area contributed by atoms with Crippen LogP contribution < -0.4 is 0 Å². The zero-order valence-electron chi connectivity index (χ0n) is 18.4. The first-order valence-corrected chi connectivity index (χ1v) is 11.3. The van der Waals surface area contributed by atoms with E-state index in [1.54, 1.807) is 13.8 Å². The predicted octanol–water partition coefficient (Wildman–Crippen LogP) is 6.60. The number of ether oxygens (including phenoxy) is 2. The first kappa shape index (κ1) is 25.9. The third-order valence-corrected chi connectivity index (χ3v) is 4.98. The summed E-state index contributed by atoms with van der Waals surface area (Å²) in [4.78, 5) is 24.3. The summed E-state index contributed by atoms with van der Waals surface area (Å²) in [6.07, 6.45) is 16.6. The second-order valence-corrected chi connectivity index (χ2v) is 8.14. The average molecular weight is 385 g/mol. The summed E-state index contributed by atoms with van der Waals surface area (Å²) < 4.78 is 10.5. The van der Waals surface area contributed by atoms with Crippen molar-refractivity contribution in [3.8, 4) is 0 Å². The number of carbonyl (C=O) groups is 2. The molecule has 0 aromatic heterocycles. The number of unbranched alkanes of at least 4 members (excludes halogenated alkanes) is 12. The monoisotopic (exact) mass is 384 g/mol. The summed E-state index contributed by atoms with van der Waals surface area (Å²) in [6, 6.07) is 0. The molecule has 0 aliphatic carbocycles. The molecule has 0 unspecified atom stereocenters. The third kappa shape index (κ3) is 13.7. The number of hydrogen-bond acceptors (Lipinski definition) is 4. The molecule has 0 aliphatic rings. The molecule has 4 heteroatoms. The van der Waals surface area contributed by atoms with Gasteiger partial charge in [-0.25, -0.2) is 0 Å². The zero-order chi connectivity index (χ0) is 20.4. The van der Waals surface area contributed by atoms with E-state index in [-0.39, 0.29) is 0 Å². The molecule has 27 heavy (non-hydrogen) atoms. The van der Waals surface area contributed by atoms with Crippen molar-refractivity contribution in [3.05, 3.63) is 0 Å². The van der Waals surface area contributed by atoms with Crippen LogP contribution in [0.5, 0.6) is 0 Å². The number of rotatable bonds is 18. The van der Waals surface area contributed by atoms with Crippen LogP contribution in [0.2, 0.25) is 0 Å². The molecule has 160 valence electrons. The van der Waals surface area contributed by atoms with E-state index < -0.39 is 17.4 Å². The lowest BCUT2D eigenvalue weighted by atomic mass is 9.94. The zero-order valence-corrected chi connectivity index (χ0v) is 18.4. The second-order valence-electron chi connectivity index (χ2n) is 8.14. The molecule has 0 amide bonds. The predicted molar refractivity (Wildman–Crippen MR) is 112 cm³/mol. The highest BCUT2D eigenvalue weighted by atomic mass is 16.6. The van der Waals surface area contributed by atoms with E-state index in [1.807, 2.05) is 0 Å². The Morgan fingerprint density at radius 2 is 0.852 bits per heavy atom. The highest BCUT2D eigenvalue weighted by Crippen LogP contribution is 2.20. The van der Waals surface area contributed by atoms with Gasteiger partial charge in [0.15, 0.2) is 5.41 Å². The second kappa shape index (κ2) is 17.1. The van der Waals surface area contributed by atoms with Gasteiger partial charge in [0.25, 0.3) is 0 Å². The first-order chi connectivity index (χ1) is 13.0. The van der Waals surface area contributed by atoms with E-state index in [0.717, 1.165) is 38.5 Å². The maximum absolute atomic E-state index is 12.2. The lowest BCUT2D eigenvalue weighted by Gasteiger charge is -2.20. The fraction of sp³-hybridized carbons (Fsp3) is 0.913. The van der Waals surface area contributed by atoms with Crippen LogP contribution in [-0.2, 0) is 19.1 Å². The Hall–Kier alpha value is -1.06. The summed E-state index contributed by atoms with van der Waals surface area (Å²) in [5, 5.41) is 0. The molecule has 0 aliphatic heterocycles. The minimum absolute atomic E-state index is 0.383. The molecule has 0 fully saturated rings. The maximum Gasteiger partial charge on any atom is 0.322 e. The van der Waals surface area contributed by atoms with Gasteiger partial charge in [-0.2, -0.15) is 0 Å². The van der Waals surface area contributed by atoms with Gasteiger partial charge in [-0.05, 0) is 26.7 Å². The van der Waals surface area contributed by atoms with Crippen LogP contribution in [-0.4, -0.2) is 25.2 Å². The fourth-order valence-corrected chi connectivity index (χ4v) is 2.89. The van der Waals surface area contributed by atoms with Crippen molar-refractivity contribution in [1.82, 2.24) is 0 Å². The molecule has 0 atom stereocenters.